The Balaban J connectivity index is 1.43. The lowest BCUT2D eigenvalue weighted by Crippen LogP contribution is -2.50. The van der Waals surface area contributed by atoms with Crippen molar-refractivity contribution in [2.24, 2.45) is 5.92 Å². The maximum absolute atomic E-state index is 12.3. The number of hydrogen-bond donors (Lipinski definition) is 1. The van der Waals surface area contributed by atoms with Crippen molar-refractivity contribution in [2.45, 2.75) is 52.2 Å². The summed E-state index contributed by atoms with van der Waals surface area (Å²) < 4.78 is 5.77. The third-order valence-corrected chi connectivity index (χ3v) is 4.99. The van der Waals surface area contributed by atoms with Gasteiger partial charge >= 0.3 is 6.03 Å². The second-order valence-corrected chi connectivity index (χ2v) is 8.60. The molecule has 0 bridgehead atoms. The largest absolute Gasteiger partial charge is 0.489 e. The zero-order valence-corrected chi connectivity index (χ0v) is 17.1. The molecule has 1 N–H and O–H groups in total. The molecule has 0 unspecified atom stereocenters. The fraction of sp³-hybridized carbons (Fsp3) is 0.478. The highest BCUT2D eigenvalue weighted by molar-refractivity contribution is 5.75. The molecule has 2 aromatic rings. The molecule has 0 aliphatic carbocycles. The Kier molecular flexibility index (Phi) is 6.55. The first-order chi connectivity index (χ1) is 13.4. The number of nitrogens with one attached hydrogen (secondary N) is 1. The van der Waals surface area contributed by atoms with Gasteiger partial charge in [-0.15, -0.1) is 0 Å². The first-order valence-electron chi connectivity index (χ1n) is 10.1. The summed E-state index contributed by atoms with van der Waals surface area (Å²) in [5.74, 6) is 1.47. The van der Waals surface area contributed by atoms with Crippen molar-refractivity contribution in [2.75, 3.05) is 13.1 Å². The molecule has 150 valence electrons. The third-order valence-electron chi connectivity index (χ3n) is 4.99. The number of carbonyl (C=O) groups is 1. The van der Waals surface area contributed by atoms with Crippen LogP contribution in [0.3, 0.4) is 0 Å². The predicted octanol–water partition coefficient (Wildman–Crippen LogP) is 4.42. The van der Waals surface area contributed by atoms with Gasteiger partial charge in [0.15, 0.2) is 0 Å². The van der Waals surface area contributed by atoms with Crippen LogP contribution in [0.5, 0.6) is 5.75 Å². The number of ether oxygens (including phenoxy) is 1. The van der Waals surface area contributed by atoms with E-state index in [0.717, 1.165) is 43.7 Å². The number of carbonyl (C=O) groups excluding carboxylic acids is 1. The summed E-state index contributed by atoms with van der Waals surface area (Å²) in [6, 6.07) is 12.5. The topological polar surface area (TPSA) is 54.5 Å². The second kappa shape index (κ2) is 9.09. The van der Waals surface area contributed by atoms with Gasteiger partial charge in [0, 0.05) is 31.0 Å². The summed E-state index contributed by atoms with van der Waals surface area (Å²) in [5.41, 5.74) is 2.33. The molecule has 1 aromatic heterocycles. The number of likely N-dealkylation sites (tertiary alicyclic amines) is 1. The van der Waals surface area contributed by atoms with Crippen molar-refractivity contribution < 1.29 is 9.53 Å². The van der Waals surface area contributed by atoms with Crippen molar-refractivity contribution in [1.82, 2.24) is 15.2 Å². The lowest BCUT2D eigenvalue weighted by atomic mass is 9.90. The highest BCUT2D eigenvalue weighted by Crippen LogP contribution is 2.22. The van der Waals surface area contributed by atoms with Crippen molar-refractivity contribution in [1.29, 1.82) is 0 Å². The molecule has 2 amide bonds. The molecule has 2 heterocycles. The number of aromatic nitrogens is 1. The first-order valence-corrected chi connectivity index (χ1v) is 10.1. The van der Waals surface area contributed by atoms with Gasteiger partial charge in [0.2, 0.25) is 0 Å². The Morgan fingerprint density at radius 3 is 2.29 bits per heavy atom. The van der Waals surface area contributed by atoms with E-state index in [2.05, 4.69) is 34.6 Å². The lowest BCUT2D eigenvalue weighted by Gasteiger charge is -2.34. The predicted molar refractivity (Wildman–Crippen MR) is 111 cm³/mol. The van der Waals surface area contributed by atoms with E-state index in [1.807, 2.05) is 37.8 Å². The van der Waals surface area contributed by atoms with Crippen LogP contribution in [0, 0.1) is 5.92 Å². The highest BCUT2D eigenvalue weighted by atomic mass is 16.5. The minimum absolute atomic E-state index is 0.0597. The molecule has 1 aromatic carbocycles. The summed E-state index contributed by atoms with van der Waals surface area (Å²) in [6.45, 7) is 8.29. The summed E-state index contributed by atoms with van der Waals surface area (Å²) >= 11 is 0. The lowest BCUT2D eigenvalue weighted by molar-refractivity contribution is 0.163. The van der Waals surface area contributed by atoms with Gasteiger partial charge < -0.3 is 15.0 Å². The third kappa shape index (κ3) is 6.25. The van der Waals surface area contributed by atoms with Crippen LogP contribution in [-0.2, 0) is 13.0 Å². The molecule has 1 aliphatic heterocycles. The minimum atomic E-state index is -0.184. The van der Waals surface area contributed by atoms with Crippen LogP contribution in [0.15, 0.2) is 48.8 Å². The van der Waals surface area contributed by atoms with Gasteiger partial charge in [-0.2, -0.15) is 0 Å². The van der Waals surface area contributed by atoms with Crippen LogP contribution in [0.25, 0.3) is 0 Å². The molecule has 5 heteroatoms. The van der Waals surface area contributed by atoms with E-state index in [1.165, 1.54) is 5.56 Å². The Bertz CT molecular complexity index is 746. The van der Waals surface area contributed by atoms with Crippen LogP contribution in [-0.4, -0.2) is 34.5 Å². The van der Waals surface area contributed by atoms with Crippen molar-refractivity contribution >= 4 is 6.03 Å². The zero-order chi connectivity index (χ0) is 20.0. The zero-order valence-electron chi connectivity index (χ0n) is 17.1. The normalized spacial score (nSPS) is 15.3. The minimum Gasteiger partial charge on any atom is -0.489 e. The summed E-state index contributed by atoms with van der Waals surface area (Å²) in [4.78, 5) is 18.2. The molecule has 0 saturated carbocycles. The van der Waals surface area contributed by atoms with Crippen LogP contribution in [0.2, 0.25) is 0 Å². The van der Waals surface area contributed by atoms with Crippen LogP contribution in [0.1, 0.15) is 44.7 Å². The molecule has 0 radical (unpaired) electrons. The van der Waals surface area contributed by atoms with Crippen molar-refractivity contribution in [3.05, 3.63) is 59.9 Å². The molecule has 1 fully saturated rings. The Morgan fingerprint density at radius 1 is 1.07 bits per heavy atom. The van der Waals surface area contributed by atoms with E-state index in [1.54, 1.807) is 12.4 Å². The van der Waals surface area contributed by atoms with Gasteiger partial charge in [0.1, 0.15) is 12.4 Å². The van der Waals surface area contributed by atoms with Crippen LogP contribution in [0.4, 0.5) is 4.79 Å². The molecule has 0 atom stereocenters. The Morgan fingerprint density at radius 2 is 1.68 bits per heavy atom. The van der Waals surface area contributed by atoms with Gasteiger partial charge in [-0.05, 0) is 69.2 Å². The van der Waals surface area contributed by atoms with Gasteiger partial charge in [0.25, 0.3) is 0 Å². The molecule has 1 aliphatic rings. The van der Waals surface area contributed by atoms with E-state index >= 15 is 0 Å². The number of hydrogen-bond acceptors (Lipinski definition) is 3. The summed E-state index contributed by atoms with van der Waals surface area (Å²) in [7, 11) is 0. The Labute approximate surface area is 168 Å². The van der Waals surface area contributed by atoms with Crippen LogP contribution < -0.4 is 10.1 Å². The Hall–Kier alpha value is -2.56. The average Bonchev–Trinajstić information content (AvgIpc) is 2.67. The molecule has 28 heavy (non-hydrogen) atoms. The summed E-state index contributed by atoms with van der Waals surface area (Å²) in [6.07, 6.45) is 6.65. The number of amides is 2. The number of nitrogens with zero attached hydrogens (tertiary/aromatic N) is 2. The number of benzene rings is 1. The number of rotatable bonds is 5. The first kappa shape index (κ1) is 20.2. The number of pyridine rings is 1. The molecule has 0 spiro atoms. The maximum Gasteiger partial charge on any atom is 0.317 e. The SMILES string of the molecule is CC(C)(C)NC(=O)N1CCC(Cc2ccc(COc3ccncc3)cc2)CC1. The summed E-state index contributed by atoms with van der Waals surface area (Å²) in [5, 5.41) is 3.06. The van der Waals surface area contributed by atoms with Crippen molar-refractivity contribution in [3.63, 3.8) is 0 Å². The fourth-order valence-corrected chi connectivity index (χ4v) is 3.45. The maximum atomic E-state index is 12.3. The van der Waals surface area contributed by atoms with Crippen molar-refractivity contribution in [3.8, 4) is 5.75 Å². The van der Waals surface area contributed by atoms with Crippen LogP contribution >= 0.6 is 0 Å². The smallest absolute Gasteiger partial charge is 0.317 e. The number of piperidine rings is 1. The van der Waals surface area contributed by atoms with Gasteiger partial charge in [-0.3, -0.25) is 4.98 Å². The van der Waals surface area contributed by atoms with E-state index < -0.39 is 0 Å². The molecule has 3 rings (SSSR count). The van der Waals surface area contributed by atoms with E-state index in [-0.39, 0.29) is 11.6 Å². The molecule has 1 saturated heterocycles. The standard InChI is InChI=1S/C23H31N3O2/c1-23(2,3)25-22(27)26-14-10-19(11-15-26)16-18-4-6-20(7-5-18)17-28-21-8-12-24-13-9-21/h4-9,12-13,19H,10-11,14-17H2,1-3H3,(H,25,27). The monoisotopic (exact) mass is 381 g/mol. The fourth-order valence-electron chi connectivity index (χ4n) is 3.45. The van der Waals surface area contributed by atoms with E-state index in [0.29, 0.717) is 12.5 Å². The van der Waals surface area contributed by atoms with Gasteiger partial charge in [0.05, 0.1) is 0 Å². The molecular formula is C23H31N3O2. The quantitative estimate of drug-likeness (QED) is 0.834. The second-order valence-electron chi connectivity index (χ2n) is 8.60. The highest BCUT2D eigenvalue weighted by Gasteiger charge is 2.25. The van der Waals surface area contributed by atoms with Gasteiger partial charge in [-0.1, -0.05) is 24.3 Å². The molecule has 5 nitrogen and oxygen atoms in total. The van der Waals surface area contributed by atoms with E-state index in [9.17, 15) is 4.79 Å². The number of urea groups is 1. The van der Waals surface area contributed by atoms with Gasteiger partial charge in [-0.25, -0.2) is 4.79 Å². The van der Waals surface area contributed by atoms with E-state index in [4.69, 9.17) is 4.74 Å². The molecular weight excluding hydrogens is 350 g/mol. The average molecular weight is 382 g/mol.